The molecule has 3 nitrogen and oxygen atoms in total. The standard InChI is InChI=1S/C14H14F2N2O/c1-17-7-11-5-12(15)2-3-14(11)19-9-10-4-13(16)8-18-6-10/h2-6,8,17H,7,9H2,1H3. The Hall–Kier alpha value is -2.01. The van der Waals surface area contributed by atoms with Crippen molar-refractivity contribution in [1.82, 2.24) is 10.3 Å². The third-order valence-corrected chi connectivity index (χ3v) is 2.55. The van der Waals surface area contributed by atoms with Crippen LogP contribution in [0.3, 0.4) is 0 Å². The van der Waals surface area contributed by atoms with Crippen LogP contribution in [-0.4, -0.2) is 12.0 Å². The molecular weight excluding hydrogens is 250 g/mol. The number of aromatic nitrogens is 1. The summed E-state index contributed by atoms with van der Waals surface area (Å²) in [5.74, 6) is -0.152. The molecule has 0 aliphatic heterocycles. The summed E-state index contributed by atoms with van der Waals surface area (Å²) in [4.78, 5) is 3.74. The Balaban J connectivity index is 2.10. The maximum atomic E-state index is 13.1. The van der Waals surface area contributed by atoms with E-state index in [4.69, 9.17) is 4.74 Å². The molecule has 1 N–H and O–H groups in total. The van der Waals surface area contributed by atoms with Crippen molar-refractivity contribution < 1.29 is 13.5 Å². The smallest absolute Gasteiger partial charge is 0.141 e. The van der Waals surface area contributed by atoms with E-state index in [1.54, 1.807) is 13.1 Å². The summed E-state index contributed by atoms with van der Waals surface area (Å²) < 4.78 is 31.7. The molecule has 1 aromatic carbocycles. The van der Waals surface area contributed by atoms with Crippen molar-refractivity contribution >= 4 is 0 Å². The number of benzene rings is 1. The van der Waals surface area contributed by atoms with Crippen molar-refractivity contribution in [3.05, 3.63) is 59.4 Å². The number of hydrogen-bond donors (Lipinski definition) is 1. The highest BCUT2D eigenvalue weighted by atomic mass is 19.1. The minimum Gasteiger partial charge on any atom is -0.489 e. The second kappa shape index (κ2) is 6.24. The molecule has 0 aliphatic carbocycles. The zero-order valence-electron chi connectivity index (χ0n) is 10.5. The Morgan fingerprint density at radius 3 is 2.74 bits per heavy atom. The Morgan fingerprint density at radius 1 is 1.16 bits per heavy atom. The van der Waals surface area contributed by atoms with E-state index in [0.29, 0.717) is 23.4 Å². The van der Waals surface area contributed by atoms with E-state index in [9.17, 15) is 8.78 Å². The third kappa shape index (κ3) is 3.72. The summed E-state index contributed by atoms with van der Waals surface area (Å²) in [6, 6.07) is 5.66. The van der Waals surface area contributed by atoms with E-state index in [2.05, 4.69) is 10.3 Å². The number of hydrogen-bond acceptors (Lipinski definition) is 3. The van der Waals surface area contributed by atoms with Crippen molar-refractivity contribution in [2.45, 2.75) is 13.2 Å². The summed E-state index contributed by atoms with van der Waals surface area (Å²) in [7, 11) is 1.77. The van der Waals surface area contributed by atoms with E-state index in [1.807, 2.05) is 0 Å². The minimum atomic E-state index is -0.407. The average Bonchev–Trinajstić information content (AvgIpc) is 2.38. The van der Waals surface area contributed by atoms with Crippen molar-refractivity contribution in [2.75, 3.05) is 7.05 Å². The highest BCUT2D eigenvalue weighted by Crippen LogP contribution is 2.20. The Morgan fingerprint density at radius 2 is 2.00 bits per heavy atom. The topological polar surface area (TPSA) is 34.1 Å². The molecule has 0 saturated heterocycles. The molecule has 19 heavy (non-hydrogen) atoms. The molecule has 0 saturated carbocycles. The summed E-state index contributed by atoms with van der Waals surface area (Å²) in [6.07, 6.45) is 2.66. The zero-order chi connectivity index (χ0) is 13.7. The van der Waals surface area contributed by atoms with Gasteiger partial charge in [-0.1, -0.05) is 0 Å². The van der Waals surface area contributed by atoms with Crippen LogP contribution in [0.25, 0.3) is 0 Å². The molecule has 0 atom stereocenters. The van der Waals surface area contributed by atoms with E-state index in [1.165, 1.54) is 24.4 Å². The number of pyridine rings is 1. The fraction of sp³-hybridized carbons (Fsp3) is 0.214. The molecule has 0 amide bonds. The molecule has 0 unspecified atom stereocenters. The minimum absolute atomic E-state index is 0.188. The van der Waals surface area contributed by atoms with Crippen LogP contribution in [0.15, 0.2) is 36.7 Å². The fourth-order valence-electron chi connectivity index (χ4n) is 1.71. The molecule has 0 bridgehead atoms. The summed E-state index contributed by atoms with van der Waals surface area (Å²) in [5.41, 5.74) is 1.34. The van der Waals surface area contributed by atoms with E-state index < -0.39 is 5.82 Å². The van der Waals surface area contributed by atoms with Gasteiger partial charge in [-0.25, -0.2) is 8.78 Å². The first-order valence-corrected chi connectivity index (χ1v) is 5.84. The molecule has 2 rings (SSSR count). The molecule has 0 radical (unpaired) electrons. The first-order chi connectivity index (χ1) is 9.19. The van der Waals surface area contributed by atoms with Crippen molar-refractivity contribution in [2.24, 2.45) is 0 Å². The first-order valence-electron chi connectivity index (χ1n) is 5.84. The van der Waals surface area contributed by atoms with Gasteiger partial charge >= 0.3 is 0 Å². The van der Waals surface area contributed by atoms with Crippen LogP contribution in [0.1, 0.15) is 11.1 Å². The van der Waals surface area contributed by atoms with Gasteiger partial charge in [0.15, 0.2) is 0 Å². The highest BCUT2D eigenvalue weighted by molar-refractivity contribution is 5.34. The molecule has 0 aliphatic rings. The zero-order valence-corrected chi connectivity index (χ0v) is 10.5. The molecule has 1 aromatic heterocycles. The van der Waals surface area contributed by atoms with Gasteiger partial charge in [0.05, 0.1) is 6.20 Å². The van der Waals surface area contributed by atoms with Crippen LogP contribution >= 0.6 is 0 Å². The van der Waals surface area contributed by atoms with Gasteiger partial charge in [0.25, 0.3) is 0 Å². The summed E-state index contributed by atoms with van der Waals surface area (Å²) >= 11 is 0. The lowest BCUT2D eigenvalue weighted by molar-refractivity contribution is 0.300. The number of rotatable bonds is 5. The number of nitrogens with zero attached hydrogens (tertiary/aromatic N) is 1. The first kappa shape index (κ1) is 13.4. The van der Waals surface area contributed by atoms with Gasteiger partial charge in [0.2, 0.25) is 0 Å². The lowest BCUT2D eigenvalue weighted by Crippen LogP contribution is -2.08. The molecule has 2 aromatic rings. The van der Waals surface area contributed by atoms with Gasteiger partial charge in [0.1, 0.15) is 24.0 Å². The average molecular weight is 264 g/mol. The van der Waals surface area contributed by atoms with Crippen LogP contribution in [0.2, 0.25) is 0 Å². The van der Waals surface area contributed by atoms with Crippen LogP contribution in [0.5, 0.6) is 5.75 Å². The van der Waals surface area contributed by atoms with Crippen LogP contribution in [0, 0.1) is 11.6 Å². The SMILES string of the molecule is CNCc1cc(F)ccc1OCc1cncc(F)c1. The highest BCUT2D eigenvalue weighted by Gasteiger charge is 2.06. The normalized spacial score (nSPS) is 10.5. The van der Waals surface area contributed by atoms with Crippen LogP contribution in [-0.2, 0) is 13.2 Å². The quantitative estimate of drug-likeness (QED) is 0.901. The number of nitrogens with one attached hydrogen (secondary N) is 1. The van der Waals surface area contributed by atoms with Crippen LogP contribution in [0.4, 0.5) is 8.78 Å². The van der Waals surface area contributed by atoms with Crippen molar-refractivity contribution in [3.8, 4) is 5.75 Å². The Labute approximate surface area is 110 Å². The summed E-state index contributed by atoms with van der Waals surface area (Å²) in [5, 5.41) is 2.94. The molecule has 1 heterocycles. The lowest BCUT2D eigenvalue weighted by atomic mass is 10.2. The predicted molar refractivity (Wildman–Crippen MR) is 67.7 cm³/mol. The predicted octanol–water partition coefficient (Wildman–Crippen LogP) is 2.66. The van der Waals surface area contributed by atoms with E-state index >= 15 is 0 Å². The molecule has 100 valence electrons. The largest absolute Gasteiger partial charge is 0.489 e. The fourth-order valence-corrected chi connectivity index (χ4v) is 1.71. The molecule has 0 spiro atoms. The van der Waals surface area contributed by atoms with Gasteiger partial charge in [-0.05, 0) is 31.3 Å². The third-order valence-electron chi connectivity index (χ3n) is 2.55. The molecule has 0 fully saturated rings. The van der Waals surface area contributed by atoms with E-state index in [0.717, 1.165) is 6.20 Å². The van der Waals surface area contributed by atoms with Gasteiger partial charge in [-0.3, -0.25) is 4.98 Å². The van der Waals surface area contributed by atoms with Gasteiger partial charge in [-0.15, -0.1) is 0 Å². The van der Waals surface area contributed by atoms with Crippen LogP contribution < -0.4 is 10.1 Å². The second-order valence-corrected chi connectivity index (χ2v) is 4.08. The maximum absolute atomic E-state index is 13.1. The van der Waals surface area contributed by atoms with E-state index in [-0.39, 0.29) is 12.4 Å². The Kier molecular flexibility index (Phi) is 4.41. The lowest BCUT2D eigenvalue weighted by Gasteiger charge is -2.11. The second-order valence-electron chi connectivity index (χ2n) is 4.08. The molecule has 5 heteroatoms. The molecular formula is C14H14F2N2O. The van der Waals surface area contributed by atoms with Gasteiger partial charge in [0, 0.05) is 23.9 Å². The Bertz CT molecular complexity index is 561. The van der Waals surface area contributed by atoms with Crippen molar-refractivity contribution in [1.29, 1.82) is 0 Å². The summed E-state index contributed by atoms with van der Waals surface area (Å²) in [6.45, 7) is 0.682. The van der Waals surface area contributed by atoms with Gasteiger partial charge < -0.3 is 10.1 Å². The van der Waals surface area contributed by atoms with Gasteiger partial charge in [-0.2, -0.15) is 0 Å². The monoisotopic (exact) mass is 264 g/mol. The maximum Gasteiger partial charge on any atom is 0.141 e. The number of halogens is 2. The number of ether oxygens (including phenoxy) is 1. The van der Waals surface area contributed by atoms with Crippen molar-refractivity contribution in [3.63, 3.8) is 0 Å².